The van der Waals surface area contributed by atoms with E-state index in [1.807, 2.05) is 36.6 Å². The molecule has 0 aliphatic carbocycles. The van der Waals surface area contributed by atoms with E-state index in [0.717, 1.165) is 12.0 Å². The minimum Gasteiger partial charge on any atom is -0.465 e. The summed E-state index contributed by atoms with van der Waals surface area (Å²) in [6, 6.07) is 11.7. The van der Waals surface area contributed by atoms with Crippen LogP contribution < -0.4 is 5.32 Å². The predicted molar refractivity (Wildman–Crippen MR) is 86.4 cm³/mol. The molecule has 2 rings (SSSR count). The molecule has 3 nitrogen and oxygen atoms in total. The first kappa shape index (κ1) is 15.7. The Morgan fingerprint density at radius 3 is 2.71 bits per heavy atom. The van der Waals surface area contributed by atoms with Crippen LogP contribution in [0, 0.1) is 0 Å². The van der Waals surface area contributed by atoms with Gasteiger partial charge < -0.3 is 4.74 Å². The van der Waals surface area contributed by atoms with Crippen molar-refractivity contribution in [3.05, 3.63) is 57.8 Å². The van der Waals surface area contributed by atoms with Crippen LogP contribution in [0.4, 0.5) is 0 Å². The molecule has 1 aromatic heterocycles. The minimum absolute atomic E-state index is 0.213. The van der Waals surface area contributed by atoms with Gasteiger partial charge in [0, 0.05) is 11.4 Å². The van der Waals surface area contributed by atoms with E-state index in [-0.39, 0.29) is 5.97 Å². The molecule has 1 aromatic carbocycles. The Bertz CT molecular complexity index is 566. The van der Waals surface area contributed by atoms with Crippen molar-refractivity contribution < 1.29 is 9.53 Å². The van der Waals surface area contributed by atoms with Crippen LogP contribution in [0.2, 0.25) is 0 Å². The standard InChI is InChI=1S/C17H21NO2S/c1-3-13-8-5-6-10-15(13)16(17(19)20-4-2)18-12-14-9-7-11-21-14/h5-11,16,18H,3-4,12H2,1-2H3. The van der Waals surface area contributed by atoms with Crippen molar-refractivity contribution in [2.24, 2.45) is 0 Å². The third-order valence-corrected chi connectivity index (χ3v) is 4.21. The number of esters is 1. The first-order chi connectivity index (χ1) is 10.3. The SMILES string of the molecule is CCOC(=O)C(NCc1cccs1)c1ccccc1CC. The third-order valence-electron chi connectivity index (χ3n) is 3.33. The van der Waals surface area contributed by atoms with Crippen LogP contribution in [0.25, 0.3) is 0 Å². The second kappa shape index (κ2) is 7.96. The molecule has 1 unspecified atom stereocenters. The predicted octanol–water partition coefficient (Wildman–Crippen LogP) is 3.70. The van der Waals surface area contributed by atoms with E-state index in [2.05, 4.69) is 24.4 Å². The van der Waals surface area contributed by atoms with Crippen molar-refractivity contribution in [1.82, 2.24) is 5.32 Å². The van der Waals surface area contributed by atoms with Crippen LogP contribution in [-0.4, -0.2) is 12.6 Å². The molecule has 0 aliphatic heterocycles. The average molecular weight is 303 g/mol. The summed E-state index contributed by atoms with van der Waals surface area (Å²) < 4.78 is 5.23. The van der Waals surface area contributed by atoms with Gasteiger partial charge in [-0.25, -0.2) is 4.79 Å². The van der Waals surface area contributed by atoms with Gasteiger partial charge in [-0.05, 0) is 35.9 Å². The fraction of sp³-hybridized carbons (Fsp3) is 0.353. The Morgan fingerprint density at radius 1 is 1.24 bits per heavy atom. The molecule has 0 fully saturated rings. The second-order valence-corrected chi connectivity index (χ2v) is 5.73. The molecule has 0 saturated carbocycles. The van der Waals surface area contributed by atoms with Crippen LogP contribution in [0.5, 0.6) is 0 Å². The molecule has 0 bridgehead atoms. The molecule has 1 N–H and O–H groups in total. The molecule has 112 valence electrons. The monoisotopic (exact) mass is 303 g/mol. The zero-order valence-electron chi connectivity index (χ0n) is 12.5. The van der Waals surface area contributed by atoms with Gasteiger partial charge in [-0.1, -0.05) is 37.3 Å². The van der Waals surface area contributed by atoms with Crippen molar-refractivity contribution in [1.29, 1.82) is 0 Å². The van der Waals surface area contributed by atoms with Gasteiger partial charge in [0.25, 0.3) is 0 Å². The second-order valence-electron chi connectivity index (χ2n) is 4.70. The lowest BCUT2D eigenvalue weighted by Gasteiger charge is -2.20. The van der Waals surface area contributed by atoms with Crippen LogP contribution in [0.1, 0.15) is 35.9 Å². The van der Waals surface area contributed by atoms with Crippen molar-refractivity contribution in [3.63, 3.8) is 0 Å². The zero-order valence-corrected chi connectivity index (χ0v) is 13.3. The van der Waals surface area contributed by atoms with E-state index >= 15 is 0 Å². The maximum absolute atomic E-state index is 12.3. The van der Waals surface area contributed by atoms with Gasteiger partial charge in [0.2, 0.25) is 0 Å². The van der Waals surface area contributed by atoms with Crippen LogP contribution in [0.3, 0.4) is 0 Å². The number of ether oxygens (including phenoxy) is 1. The quantitative estimate of drug-likeness (QED) is 0.793. The summed E-state index contributed by atoms with van der Waals surface area (Å²) in [4.78, 5) is 13.5. The Kier molecular flexibility index (Phi) is 5.96. The molecule has 0 saturated heterocycles. The molecular weight excluding hydrogens is 282 g/mol. The van der Waals surface area contributed by atoms with Crippen LogP contribution >= 0.6 is 11.3 Å². The molecule has 1 heterocycles. The first-order valence-electron chi connectivity index (χ1n) is 7.26. The van der Waals surface area contributed by atoms with Crippen molar-refractivity contribution in [2.45, 2.75) is 32.9 Å². The number of benzene rings is 1. The van der Waals surface area contributed by atoms with Crippen molar-refractivity contribution in [3.8, 4) is 0 Å². The molecule has 2 aromatic rings. The summed E-state index contributed by atoms with van der Waals surface area (Å²) >= 11 is 1.68. The Morgan fingerprint density at radius 2 is 2.05 bits per heavy atom. The van der Waals surface area contributed by atoms with Gasteiger partial charge in [0.05, 0.1) is 6.61 Å². The lowest BCUT2D eigenvalue weighted by molar-refractivity contribution is -0.145. The maximum atomic E-state index is 12.3. The van der Waals surface area contributed by atoms with Crippen LogP contribution in [-0.2, 0) is 22.5 Å². The number of hydrogen-bond acceptors (Lipinski definition) is 4. The number of carbonyl (C=O) groups excluding carboxylic acids is 1. The van der Waals surface area contributed by atoms with E-state index in [1.54, 1.807) is 11.3 Å². The third kappa shape index (κ3) is 4.16. The summed E-state index contributed by atoms with van der Waals surface area (Å²) in [5, 5.41) is 5.37. The van der Waals surface area contributed by atoms with Gasteiger partial charge in [0.1, 0.15) is 6.04 Å². The largest absolute Gasteiger partial charge is 0.465 e. The Labute approximate surface area is 130 Å². The zero-order chi connectivity index (χ0) is 15.1. The summed E-state index contributed by atoms with van der Waals surface area (Å²) in [5.41, 5.74) is 2.18. The summed E-state index contributed by atoms with van der Waals surface area (Å²) in [6.45, 7) is 4.99. The highest BCUT2D eigenvalue weighted by Crippen LogP contribution is 2.21. The van der Waals surface area contributed by atoms with Crippen molar-refractivity contribution in [2.75, 3.05) is 6.61 Å². The number of aryl methyl sites for hydroxylation is 1. The fourth-order valence-electron chi connectivity index (χ4n) is 2.30. The van der Waals surface area contributed by atoms with E-state index in [4.69, 9.17) is 4.74 Å². The van der Waals surface area contributed by atoms with Gasteiger partial charge in [-0.3, -0.25) is 5.32 Å². The molecular formula is C17H21NO2S. The first-order valence-corrected chi connectivity index (χ1v) is 8.14. The topological polar surface area (TPSA) is 38.3 Å². The highest BCUT2D eigenvalue weighted by atomic mass is 32.1. The smallest absolute Gasteiger partial charge is 0.327 e. The molecule has 21 heavy (non-hydrogen) atoms. The van der Waals surface area contributed by atoms with Gasteiger partial charge in [-0.15, -0.1) is 11.3 Å². The minimum atomic E-state index is -0.414. The molecule has 0 radical (unpaired) electrons. The number of nitrogens with one attached hydrogen (secondary N) is 1. The average Bonchev–Trinajstić information content (AvgIpc) is 3.01. The lowest BCUT2D eigenvalue weighted by Crippen LogP contribution is -2.30. The van der Waals surface area contributed by atoms with Crippen LogP contribution in [0.15, 0.2) is 41.8 Å². The van der Waals surface area contributed by atoms with Gasteiger partial charge >= 0.3 is 5.97 Å². The molecule has 0 aliphatic rings. The molecule has 1 atom stereocenters. The number of hydrogen-bond donors (Lipinski definition) is 1. The Hall–Kier alpha value is -1.65. The van der Waals surface area contributed by atoms with Gasteiger partial charge in [-0.2, -0.15) is 0 Å². The van der Waals surface area contributed by atoms with E-state index in [1.165, 1.54) is 10.4 Å². The number of rotatable bonds is 7. The summed E-state index contributed by atoms with van der Waals surface area (Å²) in [5.74, 6) is -0.213. The highest BCUT2D eigenvalue weighted by Gasteiger charge is 2.23. The van der Waals surface area contributed by atoms with Crippen molar-refractivity contribution >= 4 is 17.3 Å². The Balaban J connectivity index is 2.20. The van der Waals surface area contributed by atoms with E-state index in [0.29, 0.717) is 13.2 Å². The molecule has 0 amide bonds. The van der Waals surface area contributed by atoms with E-state index < -0.39 is 6.04 Å². The number of carbonyl (C=O) groups is 1. The lowest BCUT2D eigenvalue weighted by atomic mass is 9.98. The van der Waals surface area contributed by atoms with Gasteiger partial charge in [0.15, 0.2) is 0 Å². The summed E-state index contributed by atoms with van der Waals surface area (Å²) in [7, 11) is 0. The molecule has 0 spiro atoms. The number of thiophene rings is 1. The summed E-state index contributed by atoms with van der Waals surface area (Å²) in [6.07, 6.45) is 0.896. The highest BCUT2D eigenvalue weighted by molar-refractivity contribution is 7.09. The van der Waals surface area contributed by atoms with E-state index in [9.17, 15) is 4.79 Å². The normalized spacial score (nSPS) is 12.1. The maximum Gasteiger partial charge on any atom is 0.327 e. The molecule has 4 heteroatoms. The fourth-order valence-corrected chi connectivity index (χ4v) is 2.96.